The SMILES string of the molecule is CC.Cc1nc2ccc(N3CCOCC3)nc2n1SF. The van der Waals surface area contributed by atoms with Crippen LogP contribution in [0.5, 0.6) is 0 Å². The highest BCUT2D eigenvalue weighted by molar-refractivity contribution is 7.92. The van der Waals surface area contributed by atoms with Crippen LogP contribution in [0.2, 0.25) is 0 Å². The maximum absolute atomic E-state index is 12.9. The van der Waals surface area contributed by atoms with E-state index in [4.69, 9.17) is 4.74 Å². The van der Waals surface area contributed by atoms with Crippen molar-refractivity contribution in [2.75, 3.05) is 31.2 Å². The minimum atomic E-state index is 0.135. The Kier molecular flexibility index (Phi) is 5.19. The number of hydrogen-bond donors (Lipinski definition) is 0. The summed E-state index contributed by atoms with van der Waals surface area (Å²) in [4.78, 5) is 10.9. The predicted octanol–water partition coefficient (Wildman–Crippen LogP) is 2.98. The summed E-state index contributed by atoms with van der Waals surface area (Å²) in [6.45, 7) is 8.80. The third-order valence-corrected chi connectivity index (χ3v) is 3.59. The molecule has 0 aliphatic carbocycles. The van der Waals surface area contributed by atoms with Crippen LogP contribution in [0.1, 0.15) is 19.7 Å². The van der Waals surface area contributed by atoms with Crippen LogP contribution in [0.15, 0.2) is 12.1 Å². The number of aromatic nitrogens is 3. The number of pyridine rings is 1. The molecule has 3 rings (SSSR count). The highest BCUT2D eigenvalue weighted by Gasteiger charge is 2.15. The van der Waals surface area contributed by atoms with E-state index in [0.717, 1.165) is 24.4 Å². The maximum atomic E-state index is 12.9. The third kappa shape index (κ3) is 2.88. The number of hydrogen-bond acceptors (Lipinski definition) is 5. The first-order valence-corrected chi connectivity index (χ1v) is 7.45. The van der Waals surface area contributed by atoms with Gasteiger partial charge in [-0.3, -0.25) is 0 Å². The molecule has 0 unspecified atom stereocenters. The van der Waals surface area contributed by atoms with Crippen LogP contribution in [0.4, 0.5) is 9.70 Å². The molecule has 0 N–H and O–H groups in total. The van der Waals surface area contributed by atoms with Gasteiger partial charge < -0.3 is 9.64 Å². The van der Waals surface area contributed by atoms with Crippen LogP contribution >= 0.6 is 12.3 Å². The fraction of sp³-hybridized carbons (Fsp3) is 0.538. The number of imidazole rings is 1. The van der Waals surface area contributed by atoms with Crippen molar-refractivity contribution < 1.29 is 8.62 Å². The summed E-state index contributed by atoms with van der Waals surface area (Å²) in [5.41, 5.74) is 1.29. The van der Waals surface area contributed by atoms with Gasteiger partial charge in [0.1, 0.15) is 17.2 Å². The lowest BCUT2D eigenvalue weighted by atomic mass is 10.3. The van der Waals surface area contributed by atoms with Gasteiger partial charge in [-0.1, -0.05) is 13.8 Å². The van der Waals surface area contributed by atoms with Crippen molar-refractivity contribution in [1.29, 1.82) is 0 Å². The van der Waals surface area contributed by atoms with Crippen LogP contribution in [-0.2, 0) is 4.74 Å². The summed E-state index contributed by atoms with van der Waals surface area (Å²) in [7, 11) is 0. The number of ether oxygens (including phenoxy) is 1. The van der Waals surface area contributed by atoms with Gasteiger partial charge in [0.15, 0.2) is 18.0 Å². The maximum Gasteiger partial charge on any atom is 0.174 e. The molecule has 0 atom stereocenters. The second kappa shape index (κ2) is 6.90. The van der Waals surface area contributed by atoms with E-state index in [1.54, 1.807) is 6.92 Å². The zero-order valence-electron chi connectivity index (χ0n) is 12.0. The fourth-order valence-corrected chi connectivity index (χ4v) is 2.43. The molecular formula is C13H19FN4OS. The zero-order valence-corrected chi connectivity index (χ0v) is 12.8. The molecule has 20 heavy (non-hydrogen) atoms. The molecule has 2 aromatic rings. The number of anilines is 1. The Bertz CT molecular complexity index is 569. The van der Waals surface area contributed by atoms with Gasteiger partial charge in [-0.05, 0) is 19.1 Å². The topological polar surface area (TPSA) is 43.2 Å². The van der Waals surface area contributed by atoms with E-state index in [1.165, 1.54) is 3.97 Å². The fourth-order valence-electron chi connectivity index (χ4n) is 2.09. The van der Waals surface area contributed by atoms with E-state index < -0.39 is 0 Å². The zero-order chi connectivity index (χ0) is 14.5. The molecule has 2 aromatic heterocycles. The number of aryl methyl sites for hydroxylation is 1. The Labute approximate surface area is 122 Å². The first kappa shape index (κ1) is 15.1. The summed E-state index contributed by atoms with van der Waals surface area (Å²) < 4.78 is 19.6. The molecule has 1 saturated heterocycles. The van der Waals surface area contributed by atoms with Crippen LogP contribution in [0, 0.1) is 6.92 Å². The van der Waals surface area contributed by atoms with Gasteiger partial charge in [-0.25, -0.2) is 13.9 Å². The number of rotatable bonds is 2. The number of halogens is 1. The molecule has 0 aromatic carbocycles. The minimum Gasteiger partial charge on any atom is -0.378 e. The van der Waals surface area contributed by atoms with Gasteiger partial charge in [0, 0.05) is 13.1 Å². The largest absolute Gasteiger partial charge is 0.378 e. The molecule has 0 spiro atoms. The van der Waals surface area contributed by atoms with Crippen molar-refractivity contribution in [2.45, 2.75) is 20.8 Å². The summed E-state index contributed by atoms with van der Waals surface area (Å²) >= 11 is 0.135. The first-order chi connectivity index (χ1) is 9.79. The van der Waals surface area contributed by atoms with E-state index in [-0.39, 0.29) is 12.3 Å². The van der Waals surface area contributed by atoms with E-state index in [2.05, 4.69) is 14.9 Å². The minimum absolute atomic E-state index is 0.135. The second-order valence-corrected chi connectivity index (χ2v) is 4.64. The van der Waals surface area contributed by atoms with E-state index in [9.17, 15) is 3.89 Å². The lowest BCUT2D eigenvalue weighted by molar-refractivity contribution is 0.122. The number of nitrogens with zero attached hydrogens (tertiary/aromatic N) is 4. The summed E-state index contributed by atoms with van der Waals surface area (Å²) in [5, 5.41) is 0. The van der Waals surface area contributed by atoms with Crippen LogP contribution in [0.3, 0.4) is 0 Å². The Morgan fingerprint density at radius 1 is 1.20 bits per heavy atom. The Hall–Kier alpha value is -1.34. The third-order valence-electron chi connectivity index (χ3n) is 3.01. The van der Waals surface area contributed by atoms with Crippen molar-refractivity contribution in [3.05, 3.63) is 18.0 Å². The second-order valence-electron chi connectivity index (χ2n) is 4.13. The Morgan fingerprint density at radius 3 is 2.55 bits per heavy atom. The lowest BCUT2D eigenvalue weighted by Crippen LogP contribution is -2.36. The Morgan fingerprint density at radius 2 is 1.90 bits per heavy atom. The lowest BCUT2D eigenvalue weighted by Gasteiger charge is -2.27. The van der Waals surface area contributed by atoms with Crippen molar-refractivity contribution in [3.8, 4) is 0 Å². The predicted molar refractivity (Wildman–Crippen MR) is 80.7 cm³/mol. The number of morpholine rings is 1. The monoisotopic (exact) mass is 298 g/mol. The van der Waals surface area contributed by atoms with Gasteiger partial charge in [-0.15, -0.1) is 3.89 Å². The molecule has 0 saturated carbocycles. The molecule has 3 heterocycles. The average Bonchev–Trinajstić information content (AvgIpc) is 2.84. The van der Waals surface area contributed by atoms with Crippen LogP contribution in [0.25, 0.3) is 11.2 Å². The van der Waals surface area contributed by atoms with E-state index >= 15 is 0 Å². The van der Waals surface area contributed by atoms with Crippen molar-refractivity contribution >= 4 is 29.3 Å². The molecule has 7 heteroatoms. The summed E-state index contributed by atoms with van der Waals surface area (Å²) in [6, 6.07) is 3.81. The van der Waals surface area contributed by atoms with Gasteiger partial charge in [-0.2, -0.15) is 0 Å². The van der Waals surface area contributed by atoms with Gasteiger partial charge >= 0.3 is 0 Å². The molecule has 110 valence electrons. The highest BCUT2D eigenvalue weighted by atomic mass is 32.2. The van der Waals surface area contributed by atoms with Crippen molar-refractivity contribution in [2.24, 2.45) is 0 Å². The molecule has 0 bridgehead atoms. The quantitative estimate of drug-likeness (QED) is 0.852. The average molecular weight is 298 g/mol. The van der Waals surface area contributed by atoms with E-state index in [0.29, 0.717) is 24.7 Å². The van der Waals surface area contributed by atoms with Crippen molar-refractivity contribution in [3.63, 3.8) is 0 Å². The van der Waals surface area contributed by atoms with Crippen molar-refractivity contribution in [1.82, 2.24) is 13.9 Å². The smallest absolute Gasteiger partial charge is 0.174 e. The van der Waals surface area contributed by atoms with Crippen LogP contribution < -0.4 is 4.90 Å². The number of fused-ring (bicyclic) bond motifs is 1. The normalized spacial score (nSPS) is 15.1. The van der Waals surface area contributed by atoms with Gasteiger partial charge in [0.2, 0.25) is 0 Å². The summed E-state index contributed by atoms with van der Waals surface area (Å²) in [5.74, 6) is 1.46. The first-order valence-electron chi connectivity index (χ1n) is 6.77. The molecular weight excluding hydrogens is 279 g/mol. The van der Waals surface area contributed by atoms with Gasteiger partial charge in [0.25, 0.3) is 0 Å². The standard InChI is InChI=1S/C11H13FN4OS.C2H6/c1-8-13-9-2-3-10(14-11(9)16(8)18-12)15-4-6-17-7-5-15;1-2/h2-3H,4-7H2,1H3;1-2H3. The molecule has 1 fully saturated rings. The molecule has 1 aliphatic rings. The van der Waals surface area contributed by atoms with Crippen LogP contribution in [-0.4, -0.2) is 40.2 Å². The highest BCUT2D eigenvalue weighted by Crippen LogP contribution is 2.23. The molecule has 0 radical (unpaired) electrons. The summed E-state index contributed by atoms with van der Waals surface area (Å²) in [6.07, 6.45) is 0. The molecule has 1 aliphatic heterocycles. The molecule has 5 nitrogen and oxygen atoms in total. The Balaban J connectivity index is 0.000000704. The van der Waals surface area contributed by atoms with Gasteiger partial charge in [0.05, 0.1) is 13.2 Å². The van der Waals surface area contributed by atoms with E-state index in [1.807, 2.05) is 26.0 Å². The molecule has 0 amide bonds.